The van der Waals surface area contributed by atoms with Crippen LogP contribution in [0.25, 0.3) is 22.1 Å². The molecule has 4 aromatic heterocycles. The average Bonchev–Trinajstić information content (AvgIpc) is 3.84. The van der Waals surface area contributed by atoms with Crippen LogP contribution in [0.3, 0.4) is 0 Å². The Morgan fingerprint density at radius 1 is 0.765 bits per heavy atom. The molecule has 0 bridgehead atoms. The first-order chi connectivity index (χ1) is 24.2. The van der Waals surface area contributed by atoms with Crippen LogP contribution in [-0.2, 0) is 26.2 Å². The van der Waals surface area contributed by atoms with Crippen molar-refractivity contribution in [1.82, 2.24) is 44.0 Å². The fourth-order valence-corrected chi connectivity index (χ4v) is 5.88. The largest absolute Gasteiger partial charge is 0.366 e. The molecule has 7 N–H and O–H groups in total. The zero-order valence-electron chi connectivity index (χ0n) is 29.2. The molecule has 2 aromatic carbocycles. The summed E-state index contributed by atoms with van der Waals surface area (Å²) in [5, 5.41) is 18.9. The van der Waals surface area contributed by atoms with Gasteiger partial charge in [0.15, 0.2) is 0 Å². The maximum Gasteiger partial charge on any atom is 0.251 e. The van der Waals surface area contributed by atoms with Gasteiger partial charge in [-0.15, -0.1) is 12.4 Å². The minimum atomic E-state index is -0.510. The highest BCUT2D eigenvalue weighted by atomic mass is 35.5. The molecule has 6 rings (SSSR count). The molecule has 0 aliphatic heterocycles. The van der Waals surface area contributed by atoms with Gasteiger partial charge in [0.05, 0.1) is 33.5 Å². The highest BCUT2D eigenvalue weighted by Gasteiger charge is 2.17. The average molecular weight is 714 g/mol. The fraction of sp³-hybridized carbons (Fsp3) is 0.314. The smallest absolute Gasteiger partial charge is 0.251 e. The van der Waals surface area contributed by atoms with Gasteiger partial charge in [0.25, 0.3) is 5.91 Å². The second-order valence-electron chi connectivity index (χ2n) is 12.0. The number of primary amides is 1. The third-order valence-corrected chi connectivity index (χ3v) is 8.34. The van der Waals surface area contributed by atoms with E-state index in [2.05, 4.69) is 42.9 Å². The van der Waals surface area contributed by atoms with Crippen LogP contribution in [0.5, 0.6) is 0 Å². The van der Waals surface area contributed by atoms with Crippen LogP contribution in [0, 0.1) is 13.8 Å². The van der Waals surface area contributed by atoms with Crippen LogP contribution >= 0.6 is 12.4 Å². The zero-order valence-corrected chi connectivity index (χ0v) is 30.0. The lowest BCUT2D eigenvalue weighted by Gasteiger charge is -2.11. The summed E-state index contributed by atoms with van der Waals surface area (Å²) >= 11 is 0. The third kappa shape index (κ3) is 7.89. The van der Waals surface area contributed by atoms with E-state index in [4.69, 9.17) is 21.4 Å². The minimum absolute atomic E-state index is 0. The monoisotopic (exact) mass is 713 g/mol. The van der Waals surface area contributed by atoms with E-state index < -0.39 is 5.91 Å². The van der Waals surface area contributed by atoms with Crippen LogP contribution in [0.4, 0.5) is 23.5 Å². The van der Waals surface area contributed by atoms with Gasteiger partial charge in [-0.3, -0.25) is 9.59 Å². The number of nitrogens with zero attached hydrogens (tertiary/aromatic N) is 8. The van der Waals surface area contributed by atoms with Crippen molar-refractivity contribution in [3.63, 3.8) is 0 Å². The summed E-state index contributed by atoms with van der Waals surface area (Å²) in [6.45, 7) is 11.3. The maximum atomic E-state index is 12.8. The van der Waals surface area contributed by atoms with E-state index in [1.54, 1.807) is 18.2 Å². The van der Waals surface area contributed by atoms with Crippen molar-refractivity contribution in [1.29, 1.82) is 0 Å². The van der Waals surface area contributed by atoms with Gasteiger partial charge in [-0.2, -0.15) is 10.2 Å². The molecule has 0 fully saturated rings. The number of nitrogens with two attached hydrogens (primary N) is 2. The van der Waals surface area contributed by atoms with E-state index in [9.17, 15) is 9.59 Å². The van der Waals surface area contributed by atoms with Crippen LogP contribution in [-0.4, -0.2) is 63.6 Å². The molecule has 0 unspecified atom stereocenters. The number of hydrogen-bond donors (Lipinski definition) is 5. The summed E-state index contributed by atoms with van der Waals surface area (Å²) in [4.78, 5) is 34.5. The van der Waals surface area contributed by atoms with Gasteiger partial charge >= 0.3 is 0 Å². The number of aryl methyl sites for hydroxylation is 4. The summed E-state index contributed by atoms with van der Waals surface area (Å²) in [5.74, 6) is 2.19. The van der Waals surface area contributed by atoms with Crippen LogP contribution in [0.1, 0.15) is 52.4 Å². The summed E-state index contributed by atoms with van der Waals surface area (Å²) < 4.78 is 7.88. The van der Waals surface area contributed by atoms with Crippen molar-refractivity contribution < 1.29 is 9.59 Å². The van der Waals surface area contributed by atoms with Gasteiger partial charge in [0, 0.05) is 56.0 Å². The zero-order chi connectivity index (χ0) is 35.4. The maximum absolute atomic E-state index is 12.8. The van der Waals surface area contributed by atoms with Crippen LogP contribution < -0.4 is 27.4 Å². The van der Waals surface area contributed by atoms with Gasteiger partial charge in [0.2, 0.25) is 17.8 Å². The van der Waals surface area contributed by atoms with Gasteiger partial charge in [-0.25, -0.2) is 19.3 Å². The number of carbonyl (C=O) groups is 2. The molecule has 2 amide bonds. The van der Waals surface area contributed by atoms with Crippen molar-refractivity contribution >= 4 is 69.8 Å². The van der Waals surface area contributed by atoms with Crippen molar-refractivity contribution in [2.75, 3.05) is 23.7 Å². The molecule has 0 radical (unpaired) electrons. The number of aromatic nitrogens is 8. The topological polar surface area (TPSA) is 194 Å². The fourth-order valence-electron chi connectivity index (χ4n) is 5.88. The first-order valence-corrected chi connectivity index (χ1v) is 16.8. The molecule has 0 saturated carbocycles. The highest BCUT2D eigenvalue weighted by Crippen LogP contribution is 2.27. The lowest BCUT2D eigenvalue weighted by Crippen LogP contribution is -2.25. The van der Waals surface area contributed by atoms with E-state index in [0.29, 0.717) is 79.7 Å². The number of rotatable bonds is 15. The summed E-state index contributed by atoms with van der Waals surface area (Å²) in [7, 11) is 0. The molecular weight excluding hydrogens is 670 g/mol. The van der Waals surface area contributed by atoms with E-state index in [1.165, 1.54) is 0 Å². The van der Waals surface area contributed by atoms with Crippen molar-refractivity contribution in [3.8, 4) is 0 Å². The Balaban J connectivity index is 0.00000504. The van der Waals surface area contributed by atoms with Crippen molar-refractivity contribution in [3.05, 3.63) is 83.2 Å². The van der Waals surface area contributed by atoms with Gasteiger partial charge in [-0.1, -0.05) is 12.2 Å². The van der Waals surface area contributed by atoms with E-state index >= 15 is 0 Å². The van der Waals surface area contributed by atoms with Crippen LogP contribution in [0.15, 0.2) is 60.7 Å². The molecule has 0 aliphatic carbocycles. The number of fused-ring (bicyclic) bond motifs is 2. The normalized spacial score (nSPS) is 11.4. The predicted molar refractivity (Wildman–Crippen MR) is 202 cm³/mol. The number of allylic oxidation sites excluding steroid dienone is 2. The number of imidazole rings is 2. The number of hydrogen-bond acceptors (Lipinski definition) is 9. The van der Waals surface area contributed by atoms with Crippen LogP contribution in [0.2, 0.25) is 0 Å². The van der Waals surface area contributed by atoms with E-state index in [0.717, 1.165) is 34.1 Å². The highest BCUT2D eigenvalue weighted by molar-refractivity contribution is 5.98. The molecule has 51 heavy (non-hydrogen) atoms. The third-order valence-electron chi connectivity index (χ3n) is 8.34. The second-order valence-corrected chi connectivity index (χ2v) is 12.0. The summed E-state index contributed by atoms with van der Waals surface area (Å²) in [5.41, 5.74) is 16.9. The summed E-state index contributed by atoms with van der Waals surface area (Å²) in [6, 6.07) is 14.8. The molecule has 268 valence electrons. The Morgan fingerprint density at radius 3 is 1.73 bits per heavy atom. The molecule has 6 aromatic rings. The van der Waals surface area contributed by atoms with Gasteiger partial charge in [0.1, 0.15) is 11.6 Å². The predicted octanol–water partition coefficient (Wildman–Crippen LogP) is 4.78. The Bertz CT molecular complexity index is 2210. The first kappa shape index (κ1) is 36.6. The van der Waals surface area contributed by atoms with Gasteiger partial charge in [-0.05, 0) is 77.1 Å². The van der Waals surface area contributed by atoms with Crippen molar-refractivity contribution in [2.45, 2.75) is 60.3 Å². The number of nitrogens with one attached hydrogen (secondary N) is 3. The molecule has 0 saturated heterocycles. The van der Waals surface area contributed by atoms with E-state index in [-0.39, 0.29) is 18.3 Å². The lowest BCUT2D eigenvalue weighted by atomic mass is 10.2. The standard InChI is InChI=1S/C35H43N13O2.ClH/c1-5-47-30(18-22(3)43-47)41-34-39-26-20-24(32(37)49)10-12-28(26)45(34)16-7-8-17-46-29-13-11-25(33(50)38-15-9-14-36)21-27(29)40-35(46)42-31-19-23(4)44-48(31)6-2;/h7-8,10-13,18-21H,5-6,9,14-17,36H2,1-4H3,(H2,37,49)(H,38,50)(H,39,41)(H,40,42);1H/b8-7+;. The van der Waals surface area contributed by atoms with Crippen molar-refractivity contribution in [2.24, 2.45) is 11.5 Å². The molecular formula is C35H44ClN13O2. The van der Waals surface area contributed by atoms with E-state index in [1.807, 2.05) is 72.0 Å². The Morgan fingerprint density at radius 2 is 1.25 bits per heavy atom. The first-order valence-electron chi connectivity index (χ1n) is 16.8. The Hall–Kier alpha value is -5.67. The number of carbonyl (C=O) groups excluding carboxylic acids is 2. The Labute approximate surface area is 301 Å². The molecule has 0 atom stereocenters. The molecule has 16 heteroatoms. The van der Waals surface area contributed by atoms with Gasteiger partial charge < -0.3 is 36.6 Å². The number of amides is 2. The SMILES string of the molecule is CCn1nc(C)cc1Nc1nc2cc(C(N)=O)ccc2n1C/C=C/Cn1c(Nc2cc(C)nn2CC)nc2cc(C(=O)NCCCN)ccc21.Cl. The molecule has 15 nitrogen and oxygen atoms in total. The number of halogens is 1. The molecule has 0 spiro atoms. The molecule has 0 aliphatic rings. The number of benzene rings is 2. The lowest BCUT2D eigenvalue weighted by molar-refractivity contribution is 0.0952. The second kappa shape index (κ2) is 15.9. The number of anilines is 4. The minimum Gasteiger partial charge on any atom is -0.366 e. The Kier molecular flexibility index (Phi) is 11.4. The quantitative estimate of drug-likeness (QED) is 0.0736. The molecule has 4 heterocycles. The summed E-state index contributed by atoms with van der Waals surface area (Å²) in [6.07, 6.45) is 4.83.